The molecule has 0 aromatic heterocycles. The standard InChI is InChI=1S/C18H24ClFN2O2/c1-12(2)17(23)22-9-7-13(8-10-22)18(24)21(3)11-14-15(19)5-4-6-16(14)20/h4-6,12-13H,7-11H2,1-3H3. The Labute approximate surface area is 147 Å². The van der Waals surface area contributed by atoms with E-state index in [9.17, 15) is 14.0 Å². The Morgan fingerprint density at radius 1 is 1.33 bits per heavy atom. The van der Waals surface area contributed by atoms with Crippen LogP contribution < -0.4 is 0 Å². The van der Waals surface area contributed by atoms with Crippen LogP contribution in [0.15, 0.2) is 18.2 Å². The number of benzene rings is 1. The van der Waals surface area contributed by atoms with E-state index < -0.39 is 5.82 Å². The molecule has 2 rings (SSSR count). The summed E-state index contributed by atoms with van der Waals surface area (Å²) in [5.41, 5.74) is 0.336. The summed E-state index contributed by atoms with van der Waals surface area (Å²) in [6.45, 7) is 5.11. The SMILES string of the molecule is CC(C)C(=O)N1CCC(C(=O)N(C)Cc2c(F)cccc2Cl)CC1. The first-order valence-electron chi connectivity index (χ1n) is 8.28. The minimum atomic E-state index is -0.403. The van der Waals surface area contributed by atoms with Crippen molar-refractivity contribution in [1.82, 2.24) is 9.80 Å². The maximum Gasteiger partial charge on any atom is 0.225 e. The molecule has 4 nitrogen and oxygen atoms in total. The topological polar surface area (TPSA) is 40.6 Å². The third-order valence-electron chi connectivity index (χ3n) is 4.48. The minimum Gasteiger partial charge on any atom is -0.342 e. The first-order chi connectivity index (χ1) is 11.3. The highest BCUT2D eigenvalue weighted by Crippen LogP contribution is 2.24. The lowest BCUT2D eigenvalue weighted by Gasteiger charge is -2.34. The van der Waals surface area contributed by atoms with Crippen molar-refractivity contribution in [1.29, 1.82) is 0 Å². The van der Waals surface area contributed by atoms with Gasteiger partial charge in [0.2, 0.25) is 11.8 Å². The van der Waals surface area contributed by atoms with Crippen molar-refractivity contribution in [3.05, 3.63) is 34.6 Å². The van der Waals surface area contributed by atoms with E-state index in [2.05, 4.69) is 0 Å². The molecule has 1 aliphatic heterocycles. The van der Waals surface area contributed by atoms with Crippen LogP contribution in [0.3, 0.4) is 0 Å². The Morgan fingerprint density at radius 2 is 1.96 bits per heavy atom. The smallest absolute Gasteiger partial charge is 0.225 e. The Kier molecular flexibility index (Phi) is 6.21. The molecule has 0 aliphatic carbocycles. The van der Waals surface area contributed by atoms with Crippen LogP contribution in [0.5, 0.6) is 0 Å². The Bertz CT molecular complexity index is 593. The van der Waals surface area contributed by atoms with E-state index >= 15 is 0 Å². The highest BCUT2D eigenvalue weighted by atomic mass is 35.5. The molecule has 6 heteroatoms. The summed E-state index contributed by atoms with van der Waals surface area (Å²) in [6.07, 6.45) is 1.29. The van der Waals surface area contributed by atoms with Crippen LogP contribution in [0.1, 0.15) is 32.3 Å². The molecule has 1 aliphatic rings. The van der Waals surface area contributed by atoms with Crippen LogP contribution >= 0.6 is 11.6 Å². The molecule has 0 bridgehead atoms. The number of hydrogen-bond acceptors (Lipinski definition) is 2. The second-order valence-electron chi connectivity index (χ2n) is 6.65. The molecule has 0 spiro atoms. The summed E-state index contributed by atoms with van der Waals surface area (Å²) in [7, 11) is 1.66. The zero-order valence-corrected chi connectivity index (χ0v) is 15.1. The Balaban J connectivity index is 1.94. The van der Waals surface area contributed by atoms with E-state index in [-0.39, 0.29) is 30.2 Å². The molecule has 0 radical (unpaired) electrons. The number of halogens is 2. The second-order valence-corrected chi connectivity index (χ2v) is 7.06. The molecule has 0 N–H and O–H groups in total. The van der Waals surface area contributed by atoms with Crippen LogP contribution in [0.25, 0.3) is 0 Å². The van der Waals surface area contributed by atoms with Gasteiger partial charge in [-0.25, -0.2) is 4.39 Å². The molecule has 24 heavy (non-hydrogen) atoms. The first kappa shape index (κ1) is 18.7. The maximum absolute atomic E-state index is 13.9. The average molecular weight is 355 g/mol. The highest BCUT2D eigenvalue weighted by molar-refractivity contribution is 6.31. The quantitative estimate of drug-likeness (QED) is 0.832. The summed E-state index contributed by atoms with van der Waals surface area (Å²) in [5.74, 6) is -0.447. The number of nitrogens with zero attached hydrogens (tertiary/aromatic N) is 2. The fourth-order valence-electron chi connectivity index (χ4n) is 3.02. The van der Waals surface area contributed by atoms with Crippen LogP contribution in [0, 0.1) is 17.7 Å². The van der Waals surface area contributed by atoms with Gasteiger partial charge in [-0.05, 0) is 25.0 Å². The monoisotopic (exact) mass is 354 g/mol. The summed E-state index contributed by atoms with van der Waals surface area (Å²) in [5, 5.41) is 0.326. The molecule has 2 amide bonds. The summed E-state index contributed by atoms with van der Waals surface area (Å²) < 4.78 is 13.9. The van der Waals surface area contributed by atoms with E-state index in [0.29, 0.717) is 36.5 Å². The van der Waals surface area contributed by atoms with Gasteiger partial charge in [0.15, 0.2) is 0 Å². The molecule has 1 aromatic rings. The predicted molar refractivity (Wildman–Crippen MR) is 92.0 cm³/mol. The summed E-state index contributed by atoms with van der Waals surface area (Å²) >= 11 is 6.03. The third-order valence-corrected chi connectivity index (χ3v) is 4.84. The zero-order chi connectivity index (χ0) is 17.9. The van der Waals surface area contributed by atoms with Crippen molar-refractivity contribution in [3.63, 3.8) is 0 Å². The van der Waals surface area contributed by atoms with E-state index in [1.165, 1.54) is 11.0 Å². The van der Waals surface area contributed by atoms with Gasteiger partial charge in [0, 0.05) is 49.1 Å². The van der Waals surface area contributed by atoms with Crippen molar-refractivity contribution in [3.8, 4) is 0 Å². The van der Waals surface area contributed by atoms with Gasteiger partial charge in [-0.1, -0.05) is 31.5 Å². The lowest BCUT2D eigenvalue weighted by Crippen LogP contribution is -2.44. The number of piperidine rings is 1. The molecule has 0 saturated carbocycles. The van der Waals surface area contributed by atoms with Crippen molar-refractivity contribution in [2.45, 2.75) is 33.2 Å². The van der Waals surface area contributed by atoms with Crippen LogP contribution in [0.2, 0.25) is 5.02 Å². The van der Waals surface area contributed by atoms with Crippen molar-refractivity contribution in [2.24, 2.45) is 11.8 Å². The lowest BCUT2D eigenvalue weighted by atomic mass is 9.94. The van der Waals surface area contributed by atoms with Crippen molar-refractivity contribution in [2.75, 3.05) is 20.1 Å². The van der Waals surface area contributed by atoms with Crippen molar-refractivity contribution >= 4 is 23.4 Å². The van der Waals surface area contributed by atoms with E-state index in [1.807, 2.05) is 18.7 Å². The number of carbonyl (C=O) groups is 2. The molecule has 0 atom stereocenters. The Hall–Kier alpha value is -1.62. The van der Waals surface area contributed by atoms with Gasteiger partial charge < -0.3 is 9.80 Å². The van der Waals surface area contributed by atoms with E-state index in [4.69, 9.17) is 11.6 Å². The van der Waals surface area contributed by atoms with E-state index in [0.717, 1.165) is 0 Å². The van der Waals surface area contributed by atoms with Gasteiger partial charge in [-0.2, -0.15) is 0 Å². The van der Waals surface area contributed by atoms with Gasteiger partial charge >= 0.3 is 0 Å². The van der Waals surface area contributed by atoms with Gasteiger partial charge in [-0.15, -0.1) is 0 Å². The number of hydrogen-bond donors (Lipinski definition) is 0. The van der Waals surface area contributed by atoms with Gasteiger partial charge in [0.25, 0.3) is 0 Å². The number of amides is 2. The summed E-state index contributed by atoms with van der Waals surface area (Å²) in [4.78, 5) is 27.9. The molecular formula is C18H24ClFN2O2. The Morgan fingerprint density at radius 3 is 2.50 bits per heavy atom. The molecule has 1 saturated heterocycles. The predicted octanol–water partition coefficient (Wildman–Crippen LogP) is 3.33. The fourth-order valence-corrected chi connectivity index (χ4v) is 3.24. The number of likely N-dealkylation sites (tertiary alicyclic amines) is 1. The molecule has 0 unspecified atom stereocenters. The number of rotatable bonds is 4. The van der Waals surface area contributed by atoms with Gasteiger partial charge in [0.1, 0.15) is 5.82 Å². The van der Waals surface area contributed by atoms with E-state index in [1.54, 1.807) is 19.2 Å². The van der Waals surface area contributed by atoms with Crippen LogP contribution in [-0.2, 0) is 16.1 Å². The van der Waals surface area contributed by atoms with Crippen molar-refractivity contribution < 1.29 is 14.0 Å². The molecule has 1 heterocycles. The van der Waals surface area contributed by atoms with Crippen LogP contribution in [0.4, 0.5) is 4.39 Å². The maximum atomic E-state index is 13.9. The first-order valence-corrected chi connectivity index (χ1v) is 8.65. The average Bonchev–Trinajstić information content (AvgIpc) is 2.56. The minimum absolute atomic E-state index is 0.0223. The van der Waals surface area contributed by atoms with Gasteiger partial charge in [0.05, 0.1) is 0 Å². The molecule has 1 fully saturated rings. The lowest BCUT2D eigenvalue weighted by molar-refractivity contribution is -0.141. The van der Waals surface area contributed by atoms with Gasteiger partial charge in [-0.3, -0.25) is 9.59 Å². The van der Waals surface area contributed by atoms with Crippen LogP contribution in [-0.4, -0.2) is 41.8 Å². The molecule has 1 aromatic carbocycles. The fraction of sp³-hybridized carbons (Fsp3) is 0.556. The zero-order valence-electron chi connectivity index (χ0n) is 14.4. The number of carbonyl (C=O) groups excluding carboxylic acids is 2. The summed E-state index contributed by atoms with van der Waals surface area (Å²) in [6, 6.07) is 4.51. The normalized spacial score (nSPS) is 15.7. The third kappa shape index (κ3) is 4.26. The second kappa shape index (κ2) is 7.97. The largest absolute Gasteiger partial charge is 0.342 e. The molecular weight excluding hydrogens is 331 g/mol. The highest BCUT2D eigenvalue weighted by Gasteiger charge is 2.30. The molecule has 132 valence electrons.